The molecule has 7 heteroatoms. The minimum atomic E-state index is -0.614. The molecule has 0 unspecified atom stereocenters. The second-order valence-electron chi connectivity index (χ2n) is 6.73. The SMILES string of the molecule is CC(=O)c1ccc(OCC(=O)OCC(=O)N2CCN(c3ccccc3)CC2)cc1. The van der Waals surface area contributed by atoms with Crippen LogP contribution in [0.5, 0.6) is 5.75 Å². The maximum Gasteiger partial charge on any atom is 0.344 e. The van der Waals surface area contributed by atoms with Gasteiger partial charge in [-0.3, -0.25) is 9.59 Å². The summed E-state index contributed by atoms with van der Waals surface area (Å²) < 4.78 is 10.4. The molecule has 0 bridgehead atoms. The molecule has 0 atom stereocenters. The van der Waals surface area contributed by atoms with Gasteiger partial charge < -0.3 is 19.3 Å². The predicted molar refractivity (Wildman–Crippen MR) is 108 cm³/mol. The van der Waals surface area contributed by atoms with Crippen molar-refractivity contribution in [3.05, 3.63) is 60.2 Å². The smallest absolute Gasteiger partial charge is 0.344 e. The van der Waals surface area contributed by atoms with Crippen molar-refractivity contribution >= 4 is 23.3 Å². The summed E-state index contributed by atoms with van der Waals surface area (Å²) in [4.78, 5) is 39.3. The fourth-order valence-corrected chi connectivity index (χ4v) is 3.06. The van der Waals surface area contributed by atoms with E-state index in [-0.39, 0.29) is 24.9 Å². The van der Waals surface area contributed by atoms with Crippen molar-refractivity contribution in [2.75, 3.05) is 44.3 Å². The number of carbonyl (C=O) groups is 3. The lowest BCUT2D eigenvalue weighted by atomic mass is 10.1. The van der Waals surface area contributed by atoms with Crippen LogP contribution in [-0.2, 0) is 14.3 Å². The average molecular weight is 396 g/mol. The number of anilines is 1. The van der Waals surface area contributed by atoms with Crippen LogP contribution >= 0.6 is 0 Å². The zero-order valence-electron chi connectivity index (χ0n) is 16.4. The molecule has 1 aliphatic heterocycles. The van der Waals surface area contributed by atoms with Crippen LogP contribution in [-0.4, -0.2) is 62.0 Å². The maximum absolute atomic E-state index is 12.3. The summed E-state index contributed by atoms with van der Waals surface area (Å²) in [6.45, 7) is 3.54. The van der Waals surface area contributed by atoms with Crippen LogP contribution < -0.4 is 9.64 Å². The van der Waals surface area contributed by atoms with Gasteiger partial charge in [0.05, 0.1) is 0 Å². The molecule has 3 rings (SSSR count). The normalized spacial score (nSPS) is 13.7. The number of piperazine rings is 1. The number of carbonyl (C=O) groups excluding carboxylic acids is 3. The lowest BCUT2D eigenvalue weighted by Gasteiger charge is -2.36. The molecule has 0 N–H and O–H groups in total. The van der Waals surface area contributed by atoms with Gasteiger partial charge in [0.1, 0.15) is 5.75 Å². The lowest BCUT2D eigenvalue weighted by molar-refractivity contribution is -0.153. The highest BCUT2D eigenvalue weighted by atomic mass is 16.6. The molecule has 0 saturated carbocycles. The van der Waals surface area contributed by atoms with E-state index in [1.165, 1.54) is 6.92 Å². The molecule has 1 heterocycles. The average Bonchev–Trinajstić information content (AvgIpc) is 2.77. The van der Waals surface area contributed by atoms with Gasteiger partial charge in [0.15, 0.2) is 19.0 Å². The first-order valence-electron chi connectivity index (χ1n) is 9.50. The second-order valence-corrected chi connectivity index (χ2v) is 6.73. The molecule has 2 aromatic carbocycles. The summed E-state index contributed by atoms with van der Waals surface area (Å²) >= 11 is 0. The molecule has 0 aromatic heterocycles. The van der Waals surface area contributed by atoms with Crippen molar-refractivity contribution in [1.29, 1.82) is 0 Å². The highest BCUT2D eigenvalue weighted by Gasteiger charge is 2.22. The molecule has 0 radical (unpaired) electrons. The van der Waals surface area contributed by atoms with Gasteiger partial charge in [-0.1, -0.05) is 18.2 Å². The Labute approximate surface area is 169 Å². The molecule has 1 aliphatic rings. The number of benzene rings is 2. The Balaban J connectivity index is 1.37. The maximum atomic E-state index is 12.3. The van der Waals surface area contributed by atoms with Crippen molar-refractivity contribution in [3.63, 3.8) is 0 Å². The lowest BCUT2D eigenvalue weighted by Crippen LogP contribution is -2.50. The van der Waals surface area contributed by atoms with Gasteiger partial charge in [-0.25, -0.2) is 4.79 Å². The number of esters is 1. The number of amides is 1. The summed E-state index contributed by atoms with van der Waals surface area (Å²) in [6, 6.07) is 16.5. The monoisotopic (exact) mass is 396 g/mol. The van der Waals surface area contributed by atoms with E-state index >= 15 is 0 Å². The Morgan fingerprint density at radius 1 is 0.862 bits per heavy atom. The van der Waals surface area contributed by atoms with Gasteiger partial charge in [-0.05, 0) is 43.3 Å². The summed E-state index contributed by atoms with van der Waals surface area (Å²) in [5.74, 6) is -0.414. The van der Waals surface area contributed by atoms with Crippen molar-refractivity contribution in [1.82, 2.24) is 4.90 Å². The Bertz CT molecular complexity index is 843. The van der Waals surface area contributed by atoms with Crippen molar-refractivity contribution in [2.45, 2.75) is 6.92 Å². The Morgan fingerprint density at radius 3 is 2.14 bits per heavy atom. The number of ether oxygens (including phenoxy) is 2. The number of hydrogen-bond donors (Lipinski definition) is 0. The molecular formula is C22H24N2O5. The summed E-state index contributed by atoms with van der Waals surface area (Å²) in [5.41, 5.74) is 1.71. The zero-order chi connectivity index (χ0) is 20.6. The van der Waals surface area contributed by atoms with Gasteiger partial charge in [0, 0.05) is 37.4 Å². The number of para-hydroxylation sites is 1. The Hall–Kier alpha value is -3.35. The van der Waals surface area contributed by atoms with E-state index in [4.69, 9.17) is 9.47 Å². The van der Waals surface area contributed by atoms with Gasteiger partial charge in [0.2, 0.25) is 0 Å². The number of rotatable bonds is 7. The first-order valence-corrected chi connectivity index (χ1v) is 9.50. The Kier molecular flexibility index (Phi) is 6.84. The van der Waals surface area contributed by atoms with E-state index in [1.54, 1.807) is 29.2 Å². The number of ketones is 1. The molecule has 0 spiro atoms. The minimum absolute atomic E-state index is 0.0425. The van der Waals surface area contributed by atoms with E-state index < -0.39 is 5.97 Å². The van der Waals surface area contributed by atoms with Crippen molar-refractivity contribution < 1.29 is 23.9 Å². The number of Topliss-reactive ketones (excluding diaryl/α,β-unsaturated/α-hetero) is 1. The van der Waals surface area contributed by atoms with Crippen LogP contribution in [0.25, 0.3) is 0 Å². The molecule has 0 aliphatic carbocycles. The third-order valence-electron chi connectivity index (χ3n) is 4.73. The highest BCUT2D eigenvalue weighted by Crippen LogP contribution is 2.16. The van der Waals surface area contributed by atoms with Gasteiger partial charge >= 0.3 is 5.97 Å². The molecule has 1 saturated heterocycles. The van der Waals surface area contributed by atoms with E-state index in [1.807, 2.05) is 30.3 Å². The number of hydrogen-bond acceptors (Lipinski definition) is 6. The van der Waals surface area contributed by atoms with E-state index in [2.05, 4.69) is 4.90 Å². The fraction of sp³-hybridized carbons (Fsp3) is 0.318. The largest absolute Gasteiger partial charge is 0.482 e. The standard InChI is InChI=1S/C22H24N2O5/c1-17(25)18-7-9-20(10-8-18)28-16-22(27)29-15-21(26)24-13-11-23(12-14-24)19-5-3-2-4-6-19/h2-10H,11-16H2,1H3. The van der Waals surface area contributed by atoms with Crippen LogP contribution in [0.2, 0.25) is 0 Å². The molecule has 1 fully saturated rings. The van der Waals surface area contributed by atoms with Crippen LogP contribution in [0.3, 0.4) is 0 Å². The van der Waals surface area contributed by atoms with E-state index in [0.717, 1.165) is 18.8 Å². The van der Waals surface area contributed by atoms with Gasteiger partial charge in [-0.15, -0.1) is 0 Å². The van der Waals surface area contributed by atoms with Gasteiger partial charge in [-0.2, -0.15) is 0 Å². The molecule has 2 aromatic rings. The topological polar surface area (TPSA) is 76.2 Å². The Morgan fingerprint density at radius 2 is 1.52 bits per heavy atom. The third-order valence-corrected chi connectivity index (χ3v) is 4.73. The third kappa shape index (κ3) is 5.81. The van der Waals surface area contributed by atoms with Crippen LogP contribution in [0.4, 0.5) is 5.69 Å². The highest BCUT2D eigenvalue weighted by molar-refractivity contribution is 5.94. The summed E-state index contributed by atoms with van der Waals surface area (Å²) in [5, 5.41) is 0. The van der Waals surface area contributed by atoms with Crippen LogP contribution in [0, 0.1) is 0 Å². The van der Waals surface area contributed by atoms with E-state index in [9.17, 15) is 14.4 Å². The van der Waals surface area contributed by atoms with Crippen molar-refractivity contribution in [2.24, 2.45) is 0 Å². The zero-order valence-corrected chi connectivity index (χ0v) is 16.4. The molecule has 1 amide bonds. The quantitative estimate of drug-likeness (QED) is 0.527. The fourth-order valence-electron chi connectivity index (χ4n) is 3.06. The van der Waals surface area contributed by atoms with Gasteiger partial charge in [0.25, 0.3) is 5.91 Å². The van der Waals surface area contributed by atoms with Crippen LogP contribution in [0.15, 0.2) is 54.6 Å². The minimum Gasteiger partial charge on any atom is -0.482 e. The second kappa shape index (κ2) is 9.73. The predicted octanol–water partition coefficient (Wildman–Crippen LogP) is 2.16. The molecule has 152 valence electrons. The molecular weight excluding hydrogens is 372 g/mol. The summed E-state index contributed by atoms with van der Waals surface area (Å²) in [7, 11) is 0. The van der Waals surface area contributed by atoms with Crippen LogP contribution in [0.1, 0.15) is 17.3 Å². The number of nitrogens with zero attached hydrogens (tertiary/aromatic N) is 2. The summed E-state index contributed by atoms with van der Waals surface area (Å²) in [6.07, 6.45) is 0. The first-order chi connectivity index (χ1) is 14.0. The molecule has 7 nitrogen and oxygen atoms in total. The van der Waals surface area contributed by atoms with E-state index in [0.29, 0.717) is 24.4 Å². The first kappa shape index (κ1) is 20.4. The van der Waals surface area contributed by atoms with Crippen molar-refractivity contribution in [3.8, 4) is 5.75 Å². The molecule has 29 heavy (non-hydrogen) atoms.